The fraction of sp³-hybridized carbons (Fsp3) is 0.650. The van der Waals surface area contributed by atoms with Gasteiger partial charge in [0.25, 0.3) is 0 Å². The molecule has 3 N–H and O–H groups in total. The summed E-state index contributed by atoms with van der Waals surface area (Å²) in [6.45, 7) is 10.4. The smallest absolute Gasteiger partial charge is 0.410 e. The maximum Gasteiger partial charge on any atom is 0.410 e. The molecule has 3 rings (SSSR count). The van der Waals surface area contributed by atoms with Crippen molar-refractivity contribution in [3.8, 4) is 0 Å². The zero-order valence-corrected chi connectivity index (χ0v) is 17.4. The molecule has 1 amide bonds. The summed E-state index contributed by atoms with van der Waals surface area (Å²) in [6.07, 6.45) is 5.44. The Morgan fingerprint density at radius 2 is 2.11 bits per heavy atom. The number of piperidine rings is 1. The van der Waals surface area contributed by atoms with Gasteiger partial charge in [-0.25, -0.2) is 14.8 Å². The zero-order chi connectivity index (χ0) is 20.5. The molecule has 0 spiro atoms. The van der Waals surface area contributed by atoms with Gasteiger partial charge >= 0.3 is 6.09 Å². The van der Waals surface area contributed by atoms with Gasteiger partial charge in [0, 0.05) is 31.7 Å². The Labute approximate surface area is 165 Å². The minimum absolute atomic E-state index is 0.0734. The van der Waals surface area contributed by atoms with E-state index in [9.17, 15) is 9.90 Å². The number of carbonyl (C=O) groups excluding carboxylic acids is 1. The number of H-pyrrole nitrogens is 1. The Kier molecular flexibility index (Phi) is 5.52. The van der Waals surface area contributed by atoms with Crippen molar-refractivity contribution in [1.29, 1.82) is 0 Å². The van der Waals surface area contributed by atoms with Crippen molar-refractivity contribution < 1.29 is 14.6 Å². The number of amides is 1. The monoisotopic (exact) mass is 389 g/mol. The fourth-order valence-corrected chi connectivity index (χ4v) is 3.52. The summed E-state index contributed by atoms with van der Waals surface area (Å²) >= 11 is 0. The molecule has 0 unspecified atom stereocenters. The lowest BCUT2D eigenvalue weighted by Gasteiger charge is -2.34. The highest BCUT2D eigenvalue weighted by atomic mass is 16.6. The van der Waals surface area contributed by atoms with E-state index in [4.69, 9.17) is 4.74 Å². The number of aromatic nitrogens is 3. The third-order valence-electron chi connectivity index (χ3n) is 4.59. The molecular formula is C20H31N5O3. The van der Waals surface area contributed by atoms with Crippen LogP contribution in [-0.4, -0.2) is 61.4 Å². The number of hydrogen-bond donors (Lipinski definition) is 3. The Hall–Kier alpha value is -2.35. The minimum Gasteiger partial charge on any atom is -0.444 e. The number of ether oxygens (including phenoxy) is 1. The van der Waals surface area contributed by atoms with E-state index in [0.717, 1.165) is 35.3 Å². The first-order chi connectivity index (χ1) is 13.0. The van der Waals surface area contributed by atoms with Crippen molar-refractivity contribution >= 4 is 22.9 Å². The molecule has 154 valence electrons. The SMILES string of the molecule is CC(C)(O)Cc1c[nH]c2ncnc(N[C@@H]3CCCN(C(=O)OC(C)(C)C)C3)c12. The van der Waals surface area contributed by atoms with E-state index in [2.05, 4.69) is 20.3 Å². The molecule has 1 aliphatic heterocycles. The quantitative estimate of drug-likeness (QED) is 0.742. The molecule has 1 atom stereocenters. The Bertz CT molecular complexity index is 834. The van der Waals surface area contributed by atoms with Crippen LogP contribution in [0, 0.1) is 0 Å². The van der Waals surface area contributed by atoms with E-state index >= 15 is 0 Å². The number of nitrogens with zero attached hydrogens (tertiary/aromatic N) is 3. The van der Waals surface area contributed by atoms with Crippen LogP contribution in [0.3, 0.4) is 0 Å². The number of fused-ring (bicyclic) bond motifs is 1. The molecule has 3 heterocycles. The van der Waals surface area contributed by atoms with Crippen molar-refractivity contribution in [3.05, 3.63) is 18.1 Å². The van der Waals surface area contributed by atoms with E-state index in [1.54, 1.807) is 18.7 Å². The Balaban J connectivity index is 1.77. The second-order valence-corrected chi connectivity index (χ2v) is 9.16. The van der Waals surface area contributed by atoms with Gasteiger partial charge in [-0.15, -0.1) is 0 Å². The second kappa shape index (κ2) is 7.58. The molecule has 0 bridgehead atoms. The fourth-order valence-electron chi connectivity index (χ4n) is 3.52. The van der Waals surface area contributed by atoms with Gasteiger partial charge in [-0.1, -0.05) is 0 Å². The molecule has 2 aromatic heterocycles. The minimum atomic E-state index is -0.833. The van der Waals surface area contributed by atoms with Crippen molar-refractivity contribution in [2.45, 2.75) is 71.1 Å². The molecule has 1 saturated heterocycles. The van der Waals surface area contributed by atoms with Crippen LogP contribution >= 0.6 is 0 Å². The second-order valence-electron chi connectivity index (χ2n) is 9.16. The van der Waals surface area contributed by atoms with Crippen LogP contribution in [0.25, 0.3) is 11.0 Å². The number of aliphatic hydroxyl groups is 1. The van der Waals surface area contributed by atoms with Crippen molar-refractivity contribution in [2.75, 3.05) is 18.4 Å². The molecule has 0 aliphatic carbocycles. The van der Waals surface area contributed by atoms with Gasteiger partial charge in [0.2, 0.25) is 0 Å². The summed E-state index contributed by atoms with van der Waals surface area (Å²) < 4.78 is 5.51. The average molecular weight is 390 g/mol. The van der Waals surface area contributed by atoms with Crippen molar-refractivity contribution in [3.63, 3.8) is 0 Å². The number of nitrogens with one attached hydrogen (secondary N) is 2. The van der Waals surface area contributed by atoms with E-state index < -0.39 is 11.2 Å². The molecule has 2 aromatic rings. The average Bonchev–Trinajstić information content (AvgIpc) is 2.96. The number of anilines is 1. The summed E-state index contributed by atoms with van der Waals surface area (Å²) in [5.41, 5.74) is 0.357. The molecule has 8 heteroatoms. The zero-order valence-electron chi connectivity index (χ0n) is 17.4. The van der Waals surface area contributed by atoms with Crippen LogP contribution in [0.1, 0.15) is 53.0 Å². The maximum atomic E-state index is 12.4. The van der Waals surface area contributed by atoms with Crippen LogP contribution in [-0.2, 0) is 11.2 Å². The van der Waals surface area contributed by atoms with Gasteiger partial charge in [0.15, 0.2) is 0 Å². The molecule has 1 aliphatic rings. The third kappa shape index (κ3) is 5.13. The molecule has 8 nitrogen and oxygen atoms in total. The van der Waals surface area contributed by atoms with Crippen LogP contribution < -0.4 is 5.32 Å². The lowest BCUT2D eigenvalue weighted by molar-refractivity contribution is 0.0206. The number of carbonyl (C=O) groups is 1. The first-order valence-corrected chi connectivity index (χ1v) is 9.80. The summed E-state index contributed by atoms with van der Waals surface area (Å²) in [4.78, 5) is 26.0. The molecule has 0 radical (unpaired) electrons. The highest BCUT2D eigenvalue weighted by molar-refractivity contribution is 5.90. The standard InChI is InChI=1S/C20H31N5O3/c1-19(2,3)28-18(26)25-8-6-7-14(11-25)24-17-15-13(9-20(4,5)27)10-21-16(15)22-12-23-17/h10,12,14,27H,6-9,11H2,1-5H3,(H2,21,22,23,24)/t14-/m1/s1. The number of aromatic amines is 1. The lowest BCUT2D eigenvalue weighted by Crippen LogP contribution is -2.47. The molecule has 28 heavy (non-hydrogen) atoms. The molecule has 0 aromatic carbocycles. The Morgan fingerprint density at radius 1 is 1.36 bits per heavy atom. The van der Waals surface area contributed by atoms with Crippen LogP contribution in [0.5, 0.6) is 0 Å². The van der Waals surface area contributed by atoms with Crippen molar-refractivity contribution in [2.24, 2.45) is 0 Å². The first-order valence-electron chi connectivity index (χ1n) is 9.80. The predicted molar refractivity (Wildman–Crippen MR) is 108 cm³/mol. The highest BCUT2D eigenvalue weighted by Gasteiger charge is 2.28. The number of rotatable bonds is 4. The van der Waals surface area contributed by atoms with E-state index in [-0.39, 0.29) is 12.1 Å². The van der Waals surface area contributed by atoms with E-state index in [1.165, 1.54) is 6.33 Å². The van der Waals surface area contributed by atoms with Gasteiger partial charge in [-0.3, -0.25) is 0 Å². The highest BCUT2D eigenvalue weighted by Crippen LogP contribution is 2.28. The summed E-state index contributed by atoms with van der Waals surface area (Å²) in [5, 5.41) is 14.6. The van der Waals surface area contributed by atoms with Crippen molar-refractivity contribution in [1.82, 2.24) is 19.9 Å². The Morgan fingerprint density at radius 3 is 2.79 bits per heavy atom. The third-order valence-corrected chi connectivity index (χ3v) is 4.59. The number of hydrogen-bond acceptors (Lipinski definition) is 6. The normalized spacial score (nSPS) is 18.4. The van der Waals surface area contributed by atoms with Crippen LogP contribution in [0.4, 0.5) is 10.6 Å². The van der Waals surface area contributed by atoms with E-state index in [0.29, 0.717) is 19.5 Å². The first kappa shape index (κ1) is 20.4. The van der Waals surface area contributed by atoms with Crippen LogP contribution in [0.2, 0.25) is 0 Å². The van der Waals surface area contributed by atoms with Crippen LogP contribution in [0.15, 0.2) is 12.5 Å². The molecule has 1 fully saturated rings. The summed E-state index contributed by atoms with van der Waals surface area (Å²) in [6, 6.07) is 0.0734. The number of likely N-dealkylation sites (tertiary alicyclic amines) is 1. The summed E-state index contributed by atoms with van der Waals surface area (Å²) in [7, 11) is 0. The van der Waals surface area contributed by atoms with Gasteiger partial charge in [0.05, 0.1) is 11.0 Å². The largest absolute Gasteiger partial charge is 0.444 e. The topological polar surface area (TPSA) is 103 Å². The molecule has 0 saturated carbocycles. The van der Waals surface area contributed by atoms with Gasteiger partial charge < -0.3 is 25.0 Å². The maximum absolute atomic E-state index is 12.4. The van der Waals surface area contributed by atoms with Gasteiger partial charge in [0.1, 0.15) is 23.4 Å². The van der Waals surface area contributed by atoms with Gasteiger partial charge in [-0.05, 0) is 53.0 Å². The molecular weight excluding hydrogens is 358 g/mol. The van der Waals surface area contributed by atoms with E-state index in [1.807, 2.05) is 27.0 Å². The lowest BCUT2D eigenvalue weighted by atomic mass is 9.99. The summed E-state index contributed by atoms with van der Waals surface area (Å²) in [5.74, 6) is 0.724. The van der Waals surface area contributed by atoms with Gasteiger partial charge in [-0.2, -0.15) is 0 Å². The predicted octanol–water partition coefficient (Wildman–Crippen LogP) is 3.08.